The molecule has 0 saturated carbocycles. The first-order valence-electron chi connectivity index (χ1n) is 7.01. The van der Waals surface area contributed by atoms with E-state index in [1.165, 1.54) is 18.7 Å². The van der Waals surface area contributed by atoms with Crippen LogP contribution in [0.1, 0.15) is 33.5 Å². The van der Waals surface area contributed by atoms with Gasteiger partial charge in [0.05, 0.1) is 13.7 Å². The molecule has 23 heavy (non-hydrogen) atoms. The van der Waals surface area contributed by atoms with Gasteiger partial charge in [0.25, 0.3) is 0 Å². The van der Waals surface area contributed by atoms with Crippen LogP contribution in [0.3, 0.4) is 0 Å². The first-order valence-corrected chi connectivity index (χ1v) is 8.13. The van der Waals surface area contributed by atoms with Gasteiger partial charge >= 0.3 is 5.97 Å². The van der Waals surface area contributed by atoms with Crippen molar-refractivity contribution in [2.75, 3.05) is 12.4 Å². The summed E-state index contributed by atoms with van der Waals surface area (Å²) >= 11 is 3.30. The Morgan fingerprint density at radius 2 is 1.96 bits per heavy atom. The summed E-state index contributed by atoms with van der Waals surface area (Å²) in [7, 11) is 1.28. The van der Waals surface area contributed by atoms with Crippen molar-refractivity contribution in [3.8, 4) is 5.75 Å². The molecule has 0 fully saturated rings. The minimum Gasteiger partial charge on any atom is -0.484 e. The Bertz CT molecular complexity index is 698. The van der Waals surface area contributed by atoms with E-state index in [2.05, 4.69) is 21.0 Å². The maximum absolute atomic E-state index is 12.1. The van der Waals surface area contributed by atoms with Crippen molar-refractivity contribution in [2.45, 2.75) is 20.1 Å². The number of nitrogens with zero attached hydrogens (tertiary/aromatic N) is 2. The number of halogens is 1. The molecule has 0 bridgehead atoms. The van der Waals surface area contributed by atoms with Gasteiger partial charge in [-0.15, -0.1) is 0 Å². The largest absolute Gasteiger partial charge is 0.484 e. The topological polar surface area (TPSA) is 70.4 Å². The number of benzene rings is 1. The number of hydrogen-bond acceptors (Lipinski definition) is 5. The Hall–Kier alpha value is -2.15. The fraction of sp³-hybridized carbons (Fsp3) is 0.312. The summed E-state index contributed by atoms with van der Waals surface area (Å²) in [5.41, 5.74) is 1.20. The van der Waals surface area contributed by atoms with Gasteiger partial charge in [-0.3, -0.25) is 9.48 Å². The van der Waals surface area contributed by atoms with Crippen LogP contribution < -0.4 is 4.74 Å². The van der Waals surface area contributed by atoms with Crippen molar-refractivity contribution >= 4 is 27.7 Å². The van der Waals surface area contributed by atoms with Crippen LogP contribution >= 0.6 is 15.9 Å². The van der Waals surface area contributed by atoms with Crippen LogP contribution in [0.25, 0.3) is 0 Å². The molecule has 0 saturated heterocycles. The van der Waals surface area contributed by atoms with E-state index in [4.69, 9.17) is 9.47 Å². The van der Waals surface area contributed by atoms with Crippen LogP contribution in [0, 0.1) is 0 Å². The maximum atomic E-state index is 12.1. The standard InChI is InChI=1S/C16H17BrN2O4/c1-11(20)13-15(23-10-12-6-4-3-5-7-12)14(16(21)22-2)19(18-13)9-8-17/h3-7H,8-10H2,1-2H3. The molecule has 0 atom stereocenters. The Balaban J connectivity index is 2.41. The molecular weight excluding hydrogens is 364 g/mol. The number of aryl methyl sites for hydroxylation is 1. The fourth-order valence-electron chi connectivity index (χ4n) is 2.08. The third-order valence-electron chi connectivity index (χ3n) is 3.14. The molecule has 0 spiro atoms. The summed E-state index contributed by atoms with van der Waals surface area (Å²) in [5, 5.41) is 4.77. The fourth-order valence-corrected chi connectivity index (χ4v) is 2.41. The molecular formula is C16H17BrN2O4. The van der Waals surface area contributed by atoms with Crippen LogP contribution in [0.2, 0.25) is 0 Å². The number of esters is 1. The van der Waals surface area contributed by atoms with Crippen molar-refractivity contribution in [3.63, 3.8) is 0 Å². The van der Waals surface area contributed by atoms with Crippen LogP contribution in [0.5, 0.6) is 5.75 Å². The Morgan fingerprint density at radius 1 is 1.26 bits per heavy atom. The van der Waals surface area contributed by atoms with Crippen molar-refractivity contribution in [3.05, 3.63) is 47.3 Å². The number of aromatic nitrogens is 2. The minimum atomic E-state index is -0.589. The number of rotatable bonds is 7. The minimum absolute atomic E-state index is 0.127. The summed E-state index contributed by atoms with van der Waals surface area (Å²) in [6.07, 6.45) is 0. The van der Waals surface area contributed by atoms with E-state index in [0.29, 0.717) is 11.9 Å². The van der Waals surface area contributed by atoms with E-state index in [-0.39, 0.29) is 29.5 Å². The quantitative estimate of drug-likeness (QED) is 0.419. The van der Waals surface area contributed by atoms with Crippen LogP contribution in [-0.2, 0) is 17.9 Å². The predicted molar refractivity (Wildman–Crippen MR) is 88.1 cm³/mol. The maximum Gasteiger partial charge on any atom is 0.360 e. The number of alkyl halides is 1. The highest BCUT2D eigenvalue weighted by Crippen LogP contribution is 2.26. The van der Waals surface area contributed by atoms with Crippen molar-refractivity contribution in [1.82, 2.24) is 9.78 Å². The lowest BCUT2D eigenvalue weighted by Gasteiger charge is -2.09. The zero-order valence-corrected chi connectivity index (χ0v) is 14.5. The van der Waals surface area contributed by atoms with Gasteiger partial charge in [0.2, 0.25) is 0 Å². The van der Waals surface area contributed by atoms with E-state index in [0.717, 1.165) is 5.56 Å². The highest BCUT2D eigenvalue weighted by atomic mass is 79.9. The summed E-state index contributed by atoms with van der Waals surface area (Å²) in [5.74, 6) is -0.699. The summed E-state index contributed by atoms with van der Waals surface area (Å²) < 4.78 is 12.0. The van der Waals surface area contributed by atoms with Crippen molar-refractivity contribution in [1.29, 1.82) is 0 Å². The molecule has 6 nitrogen and oxygen atoms in total. The van der Waals surface area contributed by atoms with Crippen LogP contribution in [0.4, 0.5) is 0 Å². The van der Waals surface area contributed by atoms with Crippen LogP contribution in [-0.4, -0.2) is 34.0 Å². The number of Topliss-reactive ketones (excluding diaryl/α,β-unsaturated/α-hetero) is 1. The smallest absolute Gasteiger partial charge is 0.360 e. The number of methoxy groups -OCH3 is 1. The molecule has 0 aliphatic heterocycles. The van der Waals surface area contributed by atoms with Gasteiger partial charge in [0.1, 0.15) is 6.61 Å². The number of carbonyl (C=O) groups is 2. The van der Waals surface area contributed by atoms with E-state index in [1.807, 2.05) is 30.3 Å². The molecule has 0 aliphatic carbocycles. The summed E-state index contributed by atoms with van der Waals surface area (Å²) in [6.45, 7) is 2.03. The molecule has 1 aromatic carbocycles. The highest BCUT2D eigenvalue weighted by molar-refractivity contribution is 9.09. The van der Waals surface area contributed by atoms with Gasteiger partial charge in [-0.25, -0.2) is 4.79 Å². The number of carbonyl (C=O) groups excluding carboxylic acids is 2. The van der Waals surface area contributed by atoms with E-state index >= 15 is 0 Å². The normalized spacial score (nSPS) is 10.4. The summed E-state index contributed by atoms with van der Waals surface area (Å²) in [4.78, 5) is 23.9. The third-order valence-corrected chi connectivity index (χ3v) is 3.50. The predicted octanol–water partition coefficient (Wildman–Crippen LogP) is 2.85. The number of ketones is 1. The third kappa shape index (κ3) is 3.98. The first kappa shape index (κ1) is 17.2. The molecule has 0 amide bonds. The van der Waals surface area contributed by atoms with Crippen molar-refractivity contribution < 1.29 is 19.1 Å². The van der Waals surface area contributed by atoms with E-state index in [1.54, 1.807) is 0 Å². The molecule has 122 valence electrons. The SMILES string of the molecule is COC(=O)c1c(OCc2ccccc2)c(C(C)=O)nn1CCBr. The average Bonchev–Trinajstić information content (AvgIpc) is 2.92. The second kappa shape index (κ2) is 7.92. The van der Waals surface area contributed by atoms with Gasteiger partial charge in [-0.1, -0.05) is 46.3 Å². The zero-order chi connectivity index (χ0) is 16.8. The lowest BCUT2D eigenvalue weighted by Crippen LogP contribution is -2.14. The molecule has 1 heterocycles. The Labute approximate surface area is 142 Å². The van der Waals surface area contributed by atoms with Crippen molar-refractivity contribution in [2.24, 2.45) is 0 Å². The number of ether oxygens (including phenoxy) is 2. The molecule has 7 heteroatoms. The monoisotopic (exact) mass is 380 g/mol. The van der Waals surface area contributed by atoms with Crippen LogP contribution in [0.15, 0.2) is 30.3 Å². The first-order chi connectivity index (χ1) is 11.1. The van der Waals surface area contributed by atoms with Gasteiger partial charge in [0.15, 0.2) is 22.9 Å². The van der Waals surface area contributed by atoms with E-state index in [9.17, 15) is 9.59 Å². The molecule has 0 aliphatic rings. The molecule has 0 N–H and O–H groups in total. The number of hydrogen-bond donors (Lipinski definition) is 0. The van der Waals surface area contributed by atoms with E-state index < -0.39 is 5.97 Å². The second-order valence-electron chi connectivity index (χ2n) is 4.76. The Kier molecular flexibility index (Phi) is 5.92. The van der Waals surface area contributed by atoms with Gasteiger partial charge in [-0.2, -0.15) is 5.10 Å². The molecule has 0 radical (unpaired) electrons. The van der Waals surface area contributed by atoms with Gasteiger partial charge in [-0.05, 0) is 5.56 Å². The van der Waals surface area contributed by atoms with Gasteiger partial charge < -0.3 is 9.47 Å². The molecule has 0 unspecified atom stereocenters. The molecule has 1 aromatic heterocycles. The lowest BCUT2D eigenvalue weighted by molar-refractivity contribution is 0.0581. The summed E-state index contributed by atoms with van der Waals surface area (Å²) in [6, 6.07) is 9.47. The lowest BCUT2D eigenvalue weighted by atomic mass is 10.2. The highest BCUT2D eigenvalue weighted by Gasteiger charge is 2.27. The second-order valence-corrected chi connectivity index (χ2v) is 5.55. The zero-order valence-electron chi connectivity index (χ0n) is 12.9. The Morgan fingerprint density at radius 3 is 2.52 bits per heavy atom. The average molecular weight is 381 g/mol. The molecule has 2 aromatic rings. The van der Waals surface area contributed by atoms with Gasteiger partial charge in [0, 0.05) is 12.3 Å². The molecule has 2 rings (SSSR count).